The van der Waals surface area contributed by atoms with Crippen LogP contribution in [0.5, 0.6) is 0 Å². The fourth-order valence-electron chi connectivity index (χ4n) is 2.39. The van der Waals surface area contributed by atoms with E-state index in [2.05, 4.69) is 29.0 Å². The third-order valence-electron chi connectivity index (χ3n) is 3.38. The van der Waals surface area contributed by atoms with Gasteiger partial charge in [0.1, 0.15) is 6.26 Å². The third kappa shape index (κ3) is 2.84. The lowest BCUT2D eigenvalue weighted by atomic mass is 10.2. The summed E-state index contributed by atoms with van der Waals surface area (Å²) < 4.78 is 11.3. The molecule has 1 N–H and O–H groups in total. The number of nitrogens with zero attached hydrogens (tertiary/aromatic N) is 2. The first kappa shape index (κ1) is 12.0. The Kier molecular flexibility index (Phi) is 3.26. The molecule has 0 spiro atoms. The second-order valence-electron chi connectivity index (χ2n) is 5.44. The van der Waals surface area contributed by atoms with Gasteiger partial charge in [0.05, 0.1) is 17.9 Å². The van der Waals surface area contributed by atoms with Crippen molar-refractivity contribution in [2.45, 2.75) is 51.5 Å². The molecule has 0 amide bonds. The highest BCUT2D eigenvalue weighted by Gasteiger charge is 2.26. The molecule has 1 saturated carbocycles. The van der Waals surface area contributed by atoms with Gasteiger partial charge in [0.2, 0.25) is 0 Å². The van der Waals surface area contributed by atoms with Gasteiger partial charge in [-0.05, 0) is 26.7 Å². The van der Waals surface area contributed by atoms with Crippen molar-refractivity contribution in [3.05, 3.63) is 12.0 Å². The van der Waals surface area contributed by atoms with Crippen molar-refractivity contribution in [3.8, 4) is 0 Å². The van der Waals surface area contributed by atoms with Gasteiger partial charge in [0, 0.05) is 25.7 Å². The first-order valence-electron chi connectivity index (χ1n) is 6.79. The largest absolute Gasteiger partial charge is 0.432 e. The minimum Gasteiger partial charge on any atom is -0.432 e. The maximum Gasteiger partial charge on any atom is 0.297 e. The molecule has 2 heterocycles. The van der Waals surface area contributed by atoms with Gasteiger partial charge in [-0.2, -0.15) is 4.98 Å². The van der Waals surface area contributed by atoms with Gasteiger partial charge in [-0.3, -0.25) is 0 Å². The van der Waals surface area contributed by atoms with Crippen LogP contribution in [0.1, 0.15) is 32.4 Å². The van der Waals surface area contributed by atoms with E-state index in [4.69, 9.17) is 9.15 Å². The molecule has 5 heteroatoms. The Morgan fingerprint density at radius 2 is 2.06 bits per heavy atom. The summed E-state index contributed by atoms with van der Waals surface area (Å²) in [6.45, 7) is 6.67. The Hall–Kier alpha value is -1.07. The van der Waals surface area contributed by atoms with Crippen molar-refractivity contribution in [2.24, 2.45) is 0 Å². The minimum absolute atomic E-state index is 0.230. The van der Waals surface area contributed by atoms with Crippen molar-refractivity contribution >= 4 is 6.01 Å². The van der Waals surface area contributed by atoms with Gasteiger partial charge in [0.15, 0.2) is 0 Å². The Morgan fingerprint density at radius 3 is 2.72 bits per heavy atom. The molecular weight excluding hydrogens is 230 g/mol. The van der Waals surface area contributed by atoms with E-state index in [0.717, 1.165) is 31.3 Å². The molecule has 2 atom stereocenters. The standard InChI is InChI=1S/C13H21N3O2/c1-9-6-16(7-10(2)18-9)13-15-12(8-17-13)5-14-11-3-4-11/h8-11,14H,3-7H2,1-2H3/t9-,10+. The van der Waals surface area contributed by atoms with E-state index in [-0.39, 0.29) is 12.2 Å². The van der Waals surface area contributed by atoms with Crippen LogP contribution in [-0.4, -0.2) is 36.3 Å². The molecule has 0 aromatic carbocycles. The lowest BCUT2D eigenvalue weighted by Crippen LogP contribution is -2.45. The average Bonchev–Trinajstić information content (AvgIpc) is 3.02. The summed E-state index contributed by atoms with van der Waals surface area (Å²) >= 11 is 0. The minimum atomic E-state index is 0.230. The number of oxazole rings is 1. The second-order valence-corrected chi connectivity index (χ2v) is 5.44. The van der Waals surface area contributed by atoms with Gasteiger partial charge in [-0.25, -0.2) is 0 Å². The molecular formula is C13H21N3O2. The lowest BCUT2D eigenvalue weighted by molar-refractivity contribution is -0.00670. The fraction of sp³-hybridized carbons (Fsp3) is 0.769. The molecule has 18 heavy (non-hydrogen) atoms. The topological polar surface area (TPSA) is 50.5 Å². The smallest absolute Gasteiger partial charge is 0.297 e. The summed E-state index contributed by atoms with van der Waals surface area (Å²) in [6.07, 6.45) is 4.81. The van der Waals surface area contributed by atoms with Crippen molar-refractivity contribution in [1.82, 2.24) is 10.3 Å². The average molecular weight is 251 g/mol. The Bertz CT molecular complexity index is 393. The maximum absolute atomic E-state index is 5.71. The molecule has 1 aromatic rings. The number of morpholine rings is 1. The normalized spacial score (nSPS) is 28.7. The summed E-state index contributed by atoms with van der Waals surface area (Å²) in [6, 6.07) is 1.43. The van der Waals surface area contributed by atoms with Crippen molar-refractivity contribution in [2.75, 3.05) is 18.0 Å². The van der Waals surface area contributed by atoms with Crippen molar-refractivity contribution in [3.63, 3.8) is 0 Å². The Balaban J connectivity index is 1.60. The molecule has 1 aliphatic carbocycles. The first-order chi connectivity index (χ1) is 8.70. The zero-order valence-electron chi connectivity index (χ0n) is 11.1. The highest BCUT2D eigenvalue weighted by atomic mass is 16.5. The van der Waals surface area contributed by atoms with Crippen LogP contribution in [0.3, 0.4) is 0 Å². The van der Waals surface area contributed by atoms with Crippen LogP contribution in [0.4, 0.5) is 6.01 Å². The summed E-state index contributed by atoms with van der Waals surface area (Å²) in [7, 11) is 0. The van der Waals surface area contributed by atoms with E-state index in [9.17, 15) is 0 Å². The summed E-state index contributed by atoms with van der Waals surface area (Å²) in [5, 5.41) is 3.44. The molecule has 1 aliphatic heterocycles. The molecule has 5 nitrogen and oxygen atoms in total. The zero-order chi connectivity index (χ0) is 12.5. The number of hydrogen-bond donors (Lipinski definition) is 1. The second kappa shape index (κ2) is 4.90. The van der Waals surface area contributed by atoms with Crippen LogP contribution < -0.4 is 10.2 Å². The van der Waals surface area contributed by atoms with Crippen molar-refractivity contribution in [1.29, 1.82) is 0 Å². The maximum atomic E-state index is 5.71. The third-order valence-corrected chi connectivity index (χ3v) is 3.38. The van der Waals surface area contributed by atoms with Gasteiger partial charge < -0.3 is 19.4 Å². The number of nitrogens with one attached hydrogen (secondary N) is 1. The summed E-state index contributed by atoms with van der Waals surface area (Å²) in [5.41, 5.74) is 0.990. The van der Waals surface area contributed by atoms with Crippen LogP contribution in [0, 0.1) is 0 Å². The fourth-order valence-corrected chi connectivity index (χ4v) is 2.39. The van der Waals surface area contributed by atoms with Gasteiger partial charge in [0.25, 0.3) is 6.01 Å². The van der Waals surface area contributed by atoms with Crippen LogP contribution >= 0.6 is 0 Å². The lowest BCUT2D eigenvalue weighted by Gasteiger charge is -2.34. The molecule has 2 fully saturated rings. The number of anilines is 1. The number of rotatable bonds is 4. The predicted molar refractivity (Wildman–Crippen MR) is 68.6 cm³/mol. The van der Waals surface area contributed by atoms with Crippen LogP contribution in [0.15, 0.2) is 10.7 Å². The van der Waals surface area contributed by atoms with E-state index in [1.54, 1.807) is 6.26 Å². The summed E-state index contributed by atoms with van der Waals surface area (Å²) in [5.74, 6) is 0. The van der Waals surface area contributed by atoms with E-state index < -0.39 is 0 Å². The SMILES string of the molecule is C[C@@H]1CN(c2nc(CNC3CC3)co2)C[C@H](C)O1. The monoisotopic (exact) mass is 251 g/mol. The molecule has 100 valence electrons. The van der Waals surface area contributed by atoms with Crippen LogP contribution in [0.2, 0.25) is 0 Å². The molecule has 0 bridgehead atoms. The van der Waals surface area contributed by atoms with E-state index in [1.807, 2.05) is 0 Å². The van der Waals surface area contributed by atoms with Gasteiger partial charge in [-0.1, -0.05) is 0 Å². The van der Waals surface area contributed by atoms with Crippen molar-refractivity contribution < 1.29 is 9.15 Å². The van der Waals surface area contributed by atoms with E-state index in [0.29, 0.717) is 6.04 Å². The van der Waals surface area contributed by atoms with E-state index in [1.165, 1.54) is 12.8 Å². The quantitative estimate of drug-likeness (QED) is 0.879. The zero-order valence-corrected chi connectivity index (χ0v) is 11.1. The summed E-state index contributed by atoms with van der Waals surface area (Å²) in [4.78, 5) is 6.71. The first-order valence-corrected chi connectivity index (χ1v) is 6.79. The highest BCUT2D eigenvalue weighted by molar-refractivity contribution is 5.28. The number of hydrogen-bond acceptors (Lipinski definition) is 5. The molecule has 3 rings (SSSR count). The van der Waals surface area contributed by atoms with Gasteiger partial charge >= 0.3 is 0 Å². The highest BCUT2D eigenvalue weighted by Crippen LogP contribution is 2.21. The number of ether oxygens (including phenoxy) is 1. The van der Waals surface area contributed by atoms with Crippen LogP contribution in [-0.2, 0) is 11.3 Å². The van der Waals surface area contributed by atoms with Gasteiger partial charge in [-0.15, -0.1) is 0 Å². The molecule has 0 unspecified atom stereocenters. The molecule has 2 aliphatic rings. The Morgan fingerprint density at radius 1 is 1.33 bits per heavy atom. The van der Waals surface area contributed by atoms with E-state index >= 15 is 0 Å². The molecule has 0 radical (unpaired) electrons. The molecule has 1 saturated heterocycles. The molecule has 1 aromatic heterocycles. The van der Waals surface area contributed by atoms with Crippen LogP contribution in [0.25, 0.3) is 0 Å². The predicted octanol–water partition coefficient (Wildman–Crippen LogP) is 1.54. The number of aromatic nitrogens is 1. The Labute approximate surface area is 108 Å².